The summed E-state index contributed by atoms with van der Waals surface area (Å²) in [5.41, 5.74) is 1.07. The molecule has 1 heterocycles. The minimum absolute atomic E-state index is 0.231. The van der Waals surface area contributed by atoms with Crippen molar-refractivity contribution in [3.8, 4) is 5.75 Å². The van der Waals surface area contributed by atoms with Gasteiger partial charge in [-0.2, -0.15) is 0 Å². The summed E-state index contributed by atoms with van der Waals surface area (Å²) in [5.74, 6) is 0.207. The van der Waals surface area contributed by atoms with E-state index >= 15 is 0 Å². The molecule has 0 saturated carbocycles. The van der Waals surface area contributed by atoms with Crippen molar-refractivity contribution in [2.45, 2.75) is 31.9 Å². The highest BCUT2D eigenvalue weighted by molar-refractivity contribution is 7.91. The maximum Gasteiger partial charge on any atom is 0.407 e. The van der Waals surface area contributed by atoms with Crippen molar-refractivity contribution in [3.63, 3.8) is 0 Å². The van der Waals surface area contributed by atoms with Crippen LogP contribution in [0.25, 0.3) is 0 Å². The van der Waals surface area contributed by atoms with E-state index in [9.17, 15) is 14.5 Å². The second kappa shape index (κ2) is 9.39. The van der Waals surface area contributed by atoms with Gasteiger partial charge in [0.15, 0.2) is 0 Å². The molecule has 28 heavy (non-hydrogen) atoms. The lowest BCUT2D eigenvalue weighted by molar-refractivity contribution is 0.155. The van der Waals surface area contributed by atoms with Gasteiger partial charge in [-0.3, -0.25) is 0 Å². The molecule has 1 aliphatic rings. The quantitative estimate of drug-likeness (QED) is 0.385. The first kappa shape index (κ1) is 22.9. The Morgan fingerprint density at radius 2 is 2.11 bits per heavy atom. The highest BCUT2D eigenvalue weighted by Crippen LogP contribution is 2.35. The zero-order valence-corrected chi connectivity index (χ0v) is 18.4. The summed E-state index contributed by atoms with van der Waals surface area (Å²) in [4.78, 5) is 12.7. The van der Waals surface area contributed by atoms with Crippen molar-refractivity contribution in [1.29, 1.82) is 0 Å². The smallest absolute Gasteiger partial charge is 0.407 e. The van der Waals surface area contributed by atoms with Crippen molar-refractivity contribution in [2.75, 3.05) is 19.7 Å². The Morgan fingerprint density at radius 1 is 1.46 bits per heavy atom. The Hall–Kier alpha value is -1.41. The minimum atomic E-state index is -1.54. The summed E-state index contributed by atoms with van der Waals surface area (Å²) in [6.07, 6.45) is 1.17. The van der Waals surface area contributed by atoms with E-state index in [2.05, 4.69) is 11.0 Å². The molecule has 6 nitrogen and oxygen atoms in total. The average molecular weight is 447 g/mol. The van der Waals surface area contributed by atoms with E-state index in [0.717, 1.165) is 0 Å². The Kier molecular flexibility index (Phi) is 7.67. The fourth-order valence-corrected chi connectivity index (χ4v) is 3.74. The maximum absolute atomic E-state index is 12.8. The molecule has 1 saturated heterocycles. The van der Waals surface area contributed by atoms with Gasteiger partial charge in [-0.15, -0.1) is 0 Å². The Balaban J connectivity index is 2.56. The third kappa shape index (κ3) is 5.56. The van der Waals surface area contributed by atoms with Crippen molar-refractivity contribution in [2.24, 2.45) is 10.3 Å². The van der Waals surface area contributed by atoms with Crippen LogP contribution in [-0.4, -0.2) is 50.8 Å². The fourth-order valence-electron chi connectivity index (χ4n) is 2.72. The normalized spacial score (nSPS) is 18.9. The summed E-state index contributed by atoms with van der Waals surface area (Å²) in [7, 11) is 0. The molecule has 1 aliphatic heterocycles. The third-order valence-corrected chi connectivity index (χ3v) is 6.34. The summed E-state index contributed by atoms with van der Waals surface area (Å²) in [6.45, 7) is 10.0. The summed E-state index contributed by atoms with van der Waals surface area (Å²) in [5, 5.41) is 9.93. The molecule has 2 rings (SSSR count). The second-order valence-electron chi connectivity index (χ2n) is 7.41. The SMILES string of the molecule is C=CCOc1cc(Cl)c(Cl)cc1/C(=N/[S+]([O-])C(C)(C)C)[C@H]1CCN(C(=O)O)C1. The molecule has 9 heteroatoms. The molecule has 1 fully saturated rings. The van der Waals surface area contributed by atoms with Crippen LogP contribution in [0.1, 0.15) is 32.8 Å². The molecule has 1 N–H and O–H groups in total. The van der Waals surface area contributed by atoms with Crippen LogP contribution in [0.15, 0.2) is 29.2 Å². The molecular formula is C19H24Cl2N2O4S. The summed E-state index contributed by atoms with van der Waals surface area (Å²) < 4.78 is 22.4. The van der Waals surface area contributed by atoms with Gasteiger partial charge in [0.25, 0.3) is 0 Å². The van der Waals surface area contributed by atoms with Crippen LogP contribution in [0, 0.1) is 5.92 Å². The van der Waals surface area contributed by atoms with E-state index in [0.29, 0.717) is 40.0 Å². The largest absolute Gasteiger partial charge is 0.591 e. The van der Waals surface area contributed by atoms with Gasteiger partial charge in [-0.05, 0) is 33.3 Å². The van der Waals surface area contributed by atoms with Gasteiger partial charge in [-0.1, -0.05) is 40.3 Å². The van der Waals surface area contributed by atoms with E-state index < -0.39 is 22.2 Å². The first-order chi connectivity index (χ1) is 13.0. The third-order valence-electron chi connectivity index (χ3n) is 4.21. The lowest BCUT2D eigenvalue weighted by atomic mass is 9.95. The molecule has 0 radical (unpaired) electrons. The number of likely N-dealkylation sites (tertiary alicyclic amines) is 1. The first-order valence-electron chi connectivity index (χ1n) is 8.76. The highest BCUT2D eigenvalue weighted by atomic mass is 35.5. The van der Waals surface area contributed by atoms with Gasteiger partial charge >= 0.3 is 6.09 Å². The van der Waals surface area contributed by atoms with Gasteiger partial charge in [0.2, 0.25) is 0 Å². The molecule has 0 aliphatic carbocycles. The zero-order valence-electron chi connectivity index (χ0n) is 16.1. The number of rotatable bonds is 6. The monoisotopic (exact) mass is 446 g/mol. The molecule has 0 aromatic heterocycles. The van der Waals surface area contributed by atoms with Crippen molar-refractivity contribution >= 4 is 46.4 Å². The number of hydrogen-bond acceptors (Lipinski definition) is 4. The van der Waals surface area contributed by atoms with Gasteiger partial charge in [0.1, 0.15) is 34.2 Å². The maximum atomic E-state index is 12.8. The molecule has 0 bridgehead atoms. The summed E-state index contributed by atoms with van der Waals surface area (Å²) >= 11 is 10.8. The van der Waals surface area contributed by atoms with E-state index in [1.54, 1.807) is 18.2 Å². The van der Waals surface area contributed by atoms with Crippen LogP contribution in [0.5, 0.6) is 5.75 Å². The summed E-state index contributed by atoms with van der Waals surface area (Å²) in [6, 6.07) is 3.21. The predicted octanol–water partition coefficient (Wildman–Crippen LogP) is 4.81. The Labute approximate surface area is 178 Å². The minimum Gasteiger partial charge on any atom is -0.591 e. The van der Waals surface area contributed by atoms with E-state index in [4.69, 9.17) is 27.9 Å². The van der Waals surface area contributed by atoms with Crippen molar-refractivity contribution in [3.05, 3.63) is 40.4 Å². The molecule has 1 aromatic rings. The number of benzene rings is 1. The van der Waals surface area contributed by atoms with Gasteiger partial charge in [0.05, 0.1) is 10.0 Å². The van der Waals surface area contributed by atoms with Crippen molar-refractivity contribution in [1.82, 2.24) is 4.90 Å². The lowest BCUT2D eigenvalue weighted by Crippen LogP contribution is -2.31. The highest BCUT2D eigenvalue weighted by Gasteiger charge is 2.35. The number of amides is 1. The molecule has 154 valence electrons. The van der Waals surface area contributed by atoms with Crippen LogP contribution in [0.2, 0.25) is 10.0 Å². The number of ether oxygens (including phenoxy) is 1. The van der Waals surface area contributed by atoms with Crippen LogP contribution < -0.4 is 4.74 Å². The number of carbonyl (C=O) groups is 1. The fraction of sp³-hybridized carbons (Fsp3) is 0.474. The Morgan fingerprint density at radius 3 is 2.64 bits per heavy atom. The van der Waals surface area contributed by atoms with Crippen LogP contribution >= 0.6 is 23.2 Å². The van der Waals surface area contributed by atoms with Gasteiger partial charge in [-0.25, -0.2) is 4.79 Å². The van der Waals surface area contributed by atoms with Crippen LogP contribution in [0.4, 0.5) is 4.79 Å². The second-order valence-corrected chi connectivity index (χ2v) is 10.1. The molecule has 1 unspecified atom stereocenters. The topological polar surface area (TPSA) is 85.2 Å². The van der Waals surface area contributed by atoms with E-state index in [1.165, 1.54) is 4.90 Å². The lowest BCUT2D eigenvalue weighted by Gasteiger charge is -2.22. The molecule has 1 aromatic carbocycles. The first-order valence-corrected chi connectivity index (χ1v) is 10.6. The number of hydrogen-bond donors (Lipinski definition) is 1. The van der Waals surface area contributed by atoms with Crippen molar-refractivity contribution < 1.29 is 19.2 Å². The number of carboxylic acid groups (broad SMARTS) is 1. The standard InChI is InChI=1S/C19H24Cl2N2O4S/c1-5-8-27-16-10-15(21)14(20)9-13(16)17(22-28(26)19(2,3)4)12-6-7-23(11-12)18(24)25/h5,9-10,12H,1,6-8,11H2,2-4H3,(H,24,25)/b22-17+/t12-,28?/m0/s1. The van der Waals surface area contributed by atoms with E-state index in [-0.39, 0.29) is 19.1 Å². The molecular weight excluding hydrogens is 423 g/mol. The Bertz CT molecular complexity index is 780. The van der Waals surface area contributed by atoms with E-state index in [1.807, 2.05) is 20.8 Å². The molecule has 0 spiro atoms. The number of halogens is 2. The zero-order chi connectivity index (χ0) is 21.1. The van der Waals surface area contributed by atoms with Crippen LogP contribution in [0.3, 0.4) is 0 Å². The molecule has 2 atom stereocenters. The average Bonchev–Trinajstić information content (AvgIpc) is 3.09. The van der Waals surface area contributed by atoms with Gasteiger partial charge < -0.3 is 19.3 Å². The molecule has 1 amide bonds. The number of nitrogens with zero attached hydrogens (tertiary/aromatic N) is 2. The van der Waals surface area contributed by atoms with Gasteiger partial charge in [0, 0.05) is 30.6 Å². The van der Waals surface area contributed by atoms with Crippen LogP contribution in [-0.2, 0) is 11.4 Å². The predicted molar refractivity (Wildman–Crippen MR) is 114 cm³/mol.